The van der Waals surface area contributed by atoms with Crippen molar-refractivity contribution >= 4 is 8.32 Å². The third kappa shape index (κ3) is 6.99. The van der Waals surface area contributed by atoms with Crippen molar-refractivity contribution in [2.75, 3.05) is 13.2 Å². The fourth-order valence-electron chi connectivity index (χ4n) is 2.69. The van der Waals surface area contributed by atoms with Gasteiger partial charge in [-0.2, -0.15) is 0 Å². The summed E-state index contributed by atoms with van der Waals surface area (Å²) in [6, 6.07) is 15.4. The molecule has 0 heterocycles. The van der Waals surface area contributed by atoms with Gasteiger partial charge in [-0.25, -0.2) is 0 Å². The number of rotatable bonds is 10. The van der Waals surface area contributed by atoms with Gasteiger partial charge < -0.3 is 14.3 Å². The molecule has 0 aliphatic heterocycles. The maximum absolute atomic E-state index is 9.38. The molecule has 0 amide bonds. The van der Waals surface area contributed by atoms with Gasteiger partial charge in [-0.15, -0.1) is 0 Å². The Labute approximate surface area is 171 Å². The molecule has 2 aromatic carbocycles. The van der Waals surface area contributed by atoms with Crippen LogP contribution in [0, 0.1) is 0 Å². The molecular formula is C24H36O3Si. The van der Waals surface area contributed by atoms with E-state index in [1.165, 1.54) is 12.8 Å². The fourth-order valence-corrected chi connectivity index (χ4v) is 3.78. The number of phenolic OH excluding ortho intramolecular Hbond substituents is 1. The Morgan fingerprint density at radius 2 is 1.25 bits per heavy atom. The zero-order chi connectivity index (χ0) is 20.6. The molecule has 0 aromatic heterocycles. The normalized spacial score (nSPS) is 12.2. The van der Waals surface area contributed by atoms with E-state index in [-0.39, 0.29) is 5.75 Å². The van der Waals surface area contributed by atoms with E-state index in [1.54, 1.807) is 12.1 Å². The van der Waals surface area contributed by atoms with Crippen molar-refractivity contribution < 1.29 is 14.3 Å². The highest BCUT2D eigenvalue weighted by atomic mass is 28.4. The Balaban J connectivity index is 1.60. The summed E-state index contributed by atoms with van der Waals surface area (Å²) in [7, 11) is -1.59. The van der Waals surface area contributed by atoms with Gasteiger partial charge >= 0.3 is 0 Å². The van der Waals surface area contributed by atoms with E-state index in [9.17, 15) is 5.11 Å². The van der Waals surface area contributed by atoms with Crippen molar-refractivity contribution in [2.24, 2.45) is 0 Å². The van der Waals surface area contributed by atoms with Gasteiger partial charge in [-0.3, -0.25) is 0 Å². The lowest BCUT2D eigenvalue weighted by Gasteiger charge is -2.36. The van der Waals surface area contributed by atoms with Crippen LogP contribution in [-0.4, -0.2) is 26.6 Å². The van der Waals surface area contributed by atoms with Crippen molar-refractivity contribution in [3.05, 3.63) is 48.5 Å². The van der Waals surface area contributed by atoms with Crippen LogP contribution in [0.2, 0.25) is 18.1 Å². The van der Waals surface area contributed by atoms with Crippen LogP contribution >= 0.6 is 0 Å². The maximum atomic E-state index is 9.38. The number of benzene rings is 2. The summed E-state index contributed by atoms with van der Waals surface area (Å²) in [4.78, 5) is 0. The zero-order valence-electron chi connectivity index (χ0n) is 18.1. The Morgan fingerprint density at radius 3 is 1.79 bits per heavy atom. The molecule has 154 valence electrons. The average Bonchev–Trinajstić information content (AvgIpc) is 2.64. The summed E-state index contributed by atoms with van der Waals surface area (Å²) in [5.41, 5.74) is 2.21. The first kappa shape index (κ1) is 22.5. The van der Waals surface area contributed by atoms with Crippen LogP contribution in [0.1, 0.15) is 46.5 Å². The van der Waals surface area contributed by atoms with Crippen LogP contribution in [0.4, 0.5) is 0 Å². The molecule has 2 aromatic rings. The molecule has 0 saturated carbocycles. The fraction of sp³-hybridized carbons (Fsp3) is 0.500. The Bertz CT molecular complexity index is 700. The summed E-state index contributed by atoms with van der Waals surface area (Å²) >= 11 is 0. The molecule has 0 aliphatic rings. The lowest BCUT2D eigenvalue weighted by Crippen LogP contribution is -2.40. The monoisotopic (exact) mass is 400 g/mol. The van der Waals surface area contributed by atoms with E-state index in [4.69, 9.17) is 9.16 Å². The molecule has 0 aliphatic carbocycles. The molecule has 0 atom stereocenters. The molecule has 0 radical (unpaired) electrons. The minimum atomic E-state index is -1.59. The first-order valence-corrected chi connectivity index (χ1v) is 13.3. The number of hydrogen-bond acceptors (Lipinski definition) is 3. The predicted octanol–water partition coefficient (Wildman–Crippen LogP) is 7.02. The van der Waals surface area contributed by atoms with Crippen molar-refractivity contribution in [2.45, 2.75) is 64.6 Å². The topological polar surface area (TPSA) is 38.7 Å². The van der Waals surface area contributed by atoms with E-state index in [0.29, 0.717) is 5.04 Å². The lowest BCUT2D eigenvalue weighted by molar-refractivity contribution is 0.270. The average molecular weight is 401 g/mol. The smallest absolute Gasteiger partial charge is 0.191 e. The summed E-state index contributed by atoms with van der Waals surface area (Å²) in [5.74, 6) is 1.19. The van der Waals surface area contributed by atoms with E-state index < -0.39 is 8.32 Å². The van der Waals surface area contributed by atoms with Crippen molar-refractivity contribution in [3.63, 3.8) is 0 Å². The van der Waals surface area contributed by atoms with E-state index >= 15 is 0 Å². The minimum absolute atomic E-state index is 0.287. The molecule has 3 nitrogen and oxygen atoms in total. The van der Waals surface area contributed by atoms with Gasteiger partial charge in [0.15, 0.2) is 8.32 Å². The molecule has 1 N–H and O–H groups in total. The number of phenols is 1. The first-order chi connectivity index (χ1) is 13.2. The zero-order valence-corrected chi connectivity index (χ0v) is 19.1. The number of ether oxygens (including phenoxy) is 1. The van der Waals surface area contributed by atoms with Gasteiger partial charge in [0.1, 0.15) is 11.5 Å². The van der Waals surface area contributed by atoms with E-state index in [0.717, 1.165) is 42.9 Å². The van der Waals surface area contributed by atoms with Crippen LogP contribution in [0.3, 0.4) is 0 Å². The van der Waals surface area contributed by atoms with Gasteiger partial charge in [-0.05, 0) is 72.8 Å². The van der Waals surface area contributed by atoms with Gasteiger partial charge in [0.25, 0.3) is 0 Å². The second-order valence-electron chi connectivity index (χ2n) is 8.94. The minimum Gasteiger partial charge on any atom is -0.508 e. The standard InChI is InChI=1S/C24H36O3Si/c1-24(2,3)28(4,5)27-19-9-7-6-8-18-26-23-16-12-21(13-17-23)20-10-14-22(25)15-11-20/h10-17,25H,6-9,18-19H2,1-5H3. The van der Waals surface area contributed by atoms with Gasteiger partial charge in [0, 0.05) is 6.61 Å². The Morgan fingerprint density at radius 1 is 0.750 bits per heavy atom. The quantitative estimate of drug-likeness (QED) is 0.344. The molecule has 0 unspecified atom stereocenters. The van der Waals surface area contributed by atoms with Gasteiger partial charge in [0.05, 0.1) is 6.61 Å². The summed E-state index contributed by atoms with van der Waals surface area (Å²) in [6.45, 7) is 13.1. The lowest BCUT2D eigenvalue weighted by atomic mass is 10.1. The van der Waals surface area contributed by atoms with Crippen molar-refractivity contribution in [1.82, 2.24) is 0 Å². The molecule has 0 fully saturated rings. The van der Waals surface area contributed by atoms with E-state index in [2.05, 4.69) is 46.0 Å². The van der Waals surface area contributed by atoms with E-state index in [1.807, 2.05) is 24.3 Å². The number of hydrogen-bond donors (Lipinski definition) is 1. The SMILES string of the molecule is CC(C)(C)[Si](C)(C)OCCCCCCOc1ccc(-c2ccc(O)cc2)cc1. The summed E-state index contributed by atoms with van der Waals surface area (Å²) < 4.78 is 12.1. The summed E-state index contributed by atoms with van der Waals surface area (Å²) in [6.07, 6.45) is 4.57. The van der Waals surface area contributed by atoms with Crippen molar-refractivity contribution in [3.8, 4) is 22.6 Å². The Hall–Kier alpha value is -1.78. The first-order valence-electron chi connectivity index (χ1n) is 10.4. The van der Waals surface area contributed by atoms with Crippen LogP contribution < -0.4 is 4.74 Å². The van der Waals surface area contributed by atoms with Gasteiger partial charge in [0.2, 0.25) is 0 Å². The molecule has 0 bridgehead atoms. The molecule has 28 heavy (non-hydrogen) atoms. The van der Waals surface area contributed by atoms with Crippen LogP contribution in [0.15, 0.2) is 48.5 Å². The molecule has 4 heteroatoms. The molecular weight excluding hydrogens is 364 g/mol. The van der Waals surface area contributed by atoms with Crippen LogP contribution in [0.25, 0.3) is 11.1 Å². The maximum Gasteiger partial charge on any atom is 0.191 e. The highest BCUT2D eigenvalue weighted by Crippen LogP contribution is 2.36. The third-order valence-electron chi connectivity index (χ3n) is 5.63. The van der Waals surface area contributed by atoms with Crippen molar-refractivity contribution in [1.29, 1.82) is 0 Å². The third-order valence-corrected chi connectivity index (χ3v) is 10.2. The highest BCUT2D eigenvalue weighted by molar-refractivity contribution is 6.74. The highest BCUT2D eigenvalue weighted by Gasteiger charge is 2.36. The van der Waals surface area contributed by atoms with Crippen LogP contribution in [0.5, 0.6) is 11.5 Å². The largest absolute Gasteiger partial charge is 0.508 e. The molecule has 0 saturated heterocycles. The molecule has 2 rings (SSSR count). The second-order valence-corrected chi connectivity index (χ2v) is 13.8. The molecule has 0 spiro atoms. The number of aromatic hydroxyl groups is 1. The Kier molecular flexibility index (Phi) is 8.14. The van der Waals surface area contributed by atoms with Crippen LogP contribution in [-0.2, 0) is 4.43 Å². The van der Waals surface area contributed by atoms with Gasteiger partial charge in [-0.1, -0.05) is 51.5 Å². The summed E-state index contributed by atoms with van der Waals surface area (Å²) in [5, 5.41) is 9.67. The second kappa shape index (κ2) is 10.1. The number of unbranched alkanes of at least 4 members (excludes halogenated alkanes) is 3. The predicted molar refractivity (Wildman–Crippen MR) is 121 cm³/mol.